The maximum Gasteiger partial charge on any atom is 0.573 e. The lowest BCUT2D eigenvalue weighted by Crippen LogP contribution is -2.48. The molecule has 2 heterocycles. The van der Waals surface area contributed by atoms with Crippen LogP contribution in [-0.2, 0) is 21.1 Å². The molecule has 0 amide bonds. The summed E-state index contributed by atoms with van der Waals surface area (Å²) in [7, 11) is -1.82. The molecule has 0 bridgehead atoms. The van der Waals surface area contributed by atoms with Gasteiger partial charge in [0.25, 0.3) is 5.56 Å². The Morgan fingerprint density at radius 3 is 2.69 bits per heavy atom. The van der Waals surface area contributed by atoms with E-state index in [9.17, 15) is 19.8 Å². The fraction of sp³-hybridized carbons (Fsp3) is 0.294. The van der Waals surface area contributed by atoms with E-state index in [1.54, 1.807) is 24.3 Å². The minimum absolute atomic E-state index is 0.261. The quantitative estimate of drug-likeness (QED) is 0.427. The predicted octanol–water partition coefficient (Wildman–Crippen LogP) is 0.682. The van der Waals surface area contributed by atoms with Crippen LogP contribution in [0.25, 0.3) is 0 Å². The van der Waals surface area contributed by atoms with Gasteiger partial charge in [-0.3, -0.25) is 18.9 Å². The molecule has 1 fully saturated rings. The Bertz CT molecular complexity index is 1070. The largest absolute Gasteiger partial charge is 0.573 e. The molecular formula is C17H15ClN2O7PS+. The van der Waals surface area contributed by atoms with Gasteiger partial charge in [0.05, 0.1) is 0 Å². The number of terminal acetylenes is 1. The number of hydrogen-bond donors (Lipinski definition) is 3. The first-order valence-electron chi connectivity index (χ1n) is 8.13. The number of aromatic amines is 1. The van der Waals surface area contributed by atoms with Crippen LogP contribution in [0.5, 0.6) is 5.75 Å². The van der Waals surface area contributed by atoms with Crippen LogP contribution < -0.4 is 15.8 Å². The van der Waals surface area contributed by atoms with Crippen molar-refractivity contribution >= 4 is 30.6 Å². The van der Waals surface area contributed by atoms with Gasteiger partial charge >= 0.3 is 12.8 Å². The van der Waals surface area contributed by atoms with E-state index in [0.29, 0.717) is 10.8 Å². The molecule has 1 saturated heterocycles. The van der Waals surface area contributed by atoms with Crippen molar-refractivity contribution in [3.63, 3.8) is 0 Å². The zero-order chi connectivity index (χ0) is 21.2. The molecule has 0 saturated carbocycles. The summed E-state index contributed by atoms with van der Waals surface area (Å²) in [4.78, 5) is 25.3. The fourth-order valence-electron chi connectivity index (χ4n) is 2.69. The Labute approximate surface area is 175 Å². The lowest BCUT2D eigenvalue weighted by Gasteiger charge is -2.26. The van der Waals surface area contributed by atoms with Gasteiger partial charge in [0.15, 0.2) is 17.6 Å². The molecule has 0 aliphatic carbocycles. The van der Waals surface area contributed by atoms with Crippen molar-refractivity contribution in [1.82, 2.24) is 9.55 Å². The molecule has 3 N–H and O–H groups in total. The minimum Gasteiger partial charge on any atom is -0.386 e. The summed E-state index contributed by atoms with van der Waals surface area (Å²) in [5, 5.41) is 21.7. The van der Waals surface area contributed by atoms with Gasteiger partial charge in [-0.2, -0.15) is 0 Å². The molecular weight excluding hydrogens is 443 g/mol. The first-order chi connectivity index (χ1) is 13.7. The van der Waals surface area contributed by atoms with Crippen LogP contribution >= 0.6 is 18.8 Å². The number of aliphatic hydroxyl groups excluding tert-OH is 1. The van der Waals surface area contributed by atoms with Crippen LogP contribution in [0.1, 0.15) is 6.23 Å². The van der Waals surface area contributed by atoms with E-state index in [0.717, 1.165) is 16.8 Å². The molecule has 2 aromatic rings. The van der Waals surface area contributed by atoms with Crippen molar-refractivity contribution in [3.05, 3.63) is 62.4 Å². The highest BCUT2D eigenvalue weighted by Gasteiger charge is 2.56. The van der Waals surface area contributed by atoms with Gasteiger partial charge in [-0.05, 0) is 24.3 Å². The lowest BCUT2D eigenvalue weighted by molar-refractivity contribution is -0.0752. The predicted molar refractivity (Wildman–Crippen MR) is 107 cm³/mol. The van der Waals surface area contributed by atoms with Crippen LogP contribution in [0.3, 0.4) is 0 Å². The average molecular weight is 458 g/mol. The summed E-state index contributed by atoms with van der Waals surface area (Å²) >= 11 is 10.9. The third-order valence-corrected chi connectivity index (χ3v) is 5.67. The highest BCUT2D eigenvalue weighted by molar-refractivity contribution is 8.00. The molecule has 1 aliphatic heterocycles. The third-order valence-electron chi connectivity index (χ3n) is 4.16. The van der Waals surface area contributed by atoms with Gasteiger partial charge in [0, 0.05) is 17.3 Å². The Morgan fingerprint density at radius 1 is 1.38 bits per heavy atom. The van der Waals surface area contributed by atoms with Gasteiger partial charge in [-0.15, -0.1) is 10.9 Å². The van der Waals surface area contributed by atoms with Crippen molar-refractivity contribution in [2.45, 2.75) is 24.0 Å². The minimum atomic E-state index is -2.24. The third kappa shape index (κ3) is 4.57. The molecule has 3 rings (SSSR count). The molecule has 1 aromatic carbocycles. The van der Waals surface area contributed by atoms with Crippen molar-refractivity contribution in [2.75, 3.05) is 6.61 Å². The number of rotatable bonds is 6. The Balaban J connectivity index is 1.71. The number of ether oxygens (including phenoxy) is 1. The maximum absolute atomic E-state index is 12.0. The van der Waals surface area contributed by atoms with Gasteiger partial charge in [0.1, 0.15) is 18.8 Å². The van der Waals surface area contributed by atoms with Crippen molar-refractivity contribution in [3.8, 4) is 18.1 Å². The van der Waals surface area contributed by atoms with Crippen LogP contribution in [0.2, 0.25) is 5.02 Å². The summed E-state index contributed by atoms with van der Waals surface area (Å²) in [6, 6.07) is 7.53. The smallest absolute Gasteiger partial charge is 0.386 e. The number of H-pyrrole nitrogens is 1. The molecule has 152 valence electrons. The van der Waals surface area contributed by atoms with Gasteiger partial charge in [-0.1, -0.05) is 17.5 Å². The molecule has 5 atom stereocenters. The van der Waals surface area contributed by atoms with Crippen molar-refractivity contribution < 1.29 is 24.0 Å². The second-order valence-corrected chi connectivity index (χ2v) is 8.24. The second-order valence-electron chi connectivity index (χ2n) is 6.02. The SMILES string of the molecule is C#C[C@@]1(O)[C@H](O)[C@@H](CO[P+](=S)Oc2ccc(Cl)cc2)O[C@H]1n1ccc(=O)[nH]c1=O. The summed E-state index contributed by atoms with van der Waals surface area (Å²) in [6.45, 7) is -0.261. The van der Waals surface area contributed by atoms with Gasteiger partial charge in [0.2, 0.25) is 11.8 Å². The number of aromatic nitrogens is 2. The highest BCUT2D eigenvalue weighted by Crippen LogP contribution is 2.39. The summed E-state index contributed by atoms with van der Waals surface area (Å²) in [6.07, 6.45) is 2.33. The number of nitrogens with one attached hydrogen (secondary N) is 1. The molecule has 1 unspecified atom stereocenters. The summed E-state index contributed by atoms with van der Waals surface area (Å²) in [5.74, 6) is 2.50. The molecule has 9 nitrogen and oxygen atoms in total. The number of hydrogen-bond acceptors (Lipinski definition) is 8. The molecule has 1 aliphatic rings. The summed E-state index contributed by atoms with van der Waals surface area (Å²) in [5.41, 5.74) is -3.73. The number of benzene rings is 1. The summed E-state index contributed by atoms with van der Waals surface area (Å²) < 4.78 is 17.3. The molecule has 0 spiro atoms. The first kappa shape index (κ1) is 21.6. The Kier molecular flexibility index (Phi) is 6.51. The first-order valence-corrected chi connectivity index (χ1v) is 10.7. The molecule has 1 aromatic heterocycles. The zero-order valence-corrected chi connectivity index (χ0v) is 17.1. The highest BCUT2D eigenvalue weighted by atomic mass is 35.5. The van der Waals surface area contributed by atoms with Crippen LogP contribution in [0.15, 0.2) is 46.1 Å². The number of halogens is 1. The monoisotopic (exact) mass is 457 g/mol. The standard InChI is InChI=1S/C17H14ClN2O7PS/c1-2-17(24)14(22)12(26-15(17)20-8-7-13(21)19-16(20)23)9-25-28(29)27-11-5-3-10(18)4-6-11/h1,3-8,12,14-15,22,24H,9H2/p+1/t12-,14-,15-,17-/m1/s1. The fourth-order valence-corrected chi connectivity index (χ4v) is 3.87. The zero-order valence-electron chi connectivity index (χ0n) is 14.6. The van der Waals surface area contributed by atoms with E-state index in [1.165, 1.54) is 0 Å². The van der Waals surface area contributed by atoms with Crippen LogP contribution in [0, 0.1) is 12.3 Å². The topological polar surface area (TPSA) is 123 Å². The van der Waals surface area contributed by atoms with Gasteiger partial charge in [-0.25, -0.2) is 4.79 Å². The second kappa shape index (κ2) is 8.73. The molecule has 0 radical (unpaired) electrons. The molecule has 12 heteroatoms. The Morgan fingerprint density at radius 2 is 2.07 bits per heavy atom. The Hall–Kier alpha value is -2.09. The van der Waals surface area contributed by atoms with Crippen LogP contribution in [-0.4, -0.2) is 44.2 Å². The maximum atomic E-state index is 12.0. The van der Waals surface area contributed by atoms with Crippen molar-refractivity contribution in [2.24, 2.45) is 0 Å². The van der Waals surface area contributed by atoms with E-state index in [2.05, 4.69) is 5.92 Å². The number of aliphatic hydroxyl groups is 2. The van der Waals surface area contributed by atoms with E-state index in [-0.39, 0.29) is 6.61 Å². The molecule has 29 heavy (non-hydrogen) atoms. The van der Waals surface area contributed by atoms with E-state index >= 15 is 0 Å². The van der Waals surface area contributed by atoms with E-state index in [1.807, 2.05) is 4.98 Å². The van der Waals surface area contributed by atoms with E-state index in [4.69, 9.17) is 43.6 Å². The number of nitrogens with zero attached hydrogens (tertiary/aromatic N) is 1. The average Bonchev–Trinajstić information content (AvgIpc) is 2.93. The van der Waals surface area contributed by atoms with E-state index < -0.39 is 42.4 Å². The van der Waals surface area contributed by atoms with Gasteiger partial charge < -0.3 is 14.9 Å². The van der Waals surface area contributed by atoms with Crippen molar-refractivity contribution in [1.29, 1.82) is 0 Å². The lowest BCUT2D eigenvalue weighted by atomic mass is 9.95. The normalized spacial score (nSPS) is 26.7. The van der Waals surface area contributed by atoms with Crippen LogP contribution in [0.4, 0.5) is 0 Å².